The number of nitrogens with zero attached hydrogens (tertiary/aromatic N) is 1. The average molecular weight is 176 g/mol. The summed E-state index contributed by atoms with van der Waals surface area (Å²) in [5, 5.41) is 0.681. The lowest BCUT2D eigenvalue weighted by Crippen LogP contribution is -1.95. The third kappa shape index (κ3) is 1.13. The first-order valence-corrected chi connectivity index (χ1v) is 3.99. The lowest BCUT2D eigenvalue weighted by molar-refractivity contribution is 0.633. The molecule has 0 radical (unpaired) electrons. The average Bonchev–Trinajstić information content (AvgIpc) is 2.15. The summed E-state index contributed by atoms with van der Waals surface area (Å²) in [6.07, 6.45) is 1.67. The standard InChI is InChI=1S/C10H9FN2/c1-6-5-8(11)9(12)7-3-2-4-13-10(6)7/h2-5H,12H2,1H3. The highest BCUT2D eigenvalue weighted by Crippen LogP contribution is 2.24. The van der Waals surface area contributed by atoms with Crippen LogP contribution in [0, 0.1) is 12.7 Å². The van der Waals surface area contributed by atoms with E-state index in [1.54, 1.807) is 18.3 Å². The number of halogens is 1. The number of hydrogen-bond donors (Lipinski definition) is 1. The van der Waals surface area contributed by atoms with Crippen LogP contribution in [0.4, 0.5) is 10.1 Å². The Bertz CT molecular complexity index is 466. The number of hydrogen-bond acceptors (Lipinski definition) is 2. The minimum atomic E-state index is -0.377. The molecule has 2 nitrogen and oxygen atoms in total. The summed E-state index contributed by atoms with van der Waals surface area (Å²) in [4.78, 5) is 4.14. The summed E-state index contributed by atoms with van der Waals surface area (Å²) < 4.78 is 13.2. The van der Waals surface area contributed by atoms with Crippen LogP contribution in [0.15, 0.2) is 24.4 Å². The molecule has 2 aromatic rings. The second-order valence-electron chi connectivity index (χ2n) is 2.99. The largest absolute Gasteiger partial charge is 0.396 e. The number of rotatable bonds is 0. The zero-order valence-corrected chi connectivity index (χ0v) is 7.21. The fourth-order valence-corrected chi connectivity index (χ4v) is 1.40. The first kappa shape index (κ1) is 7.98. The van der Waals surface area contributed by atoms with Gasteiger partial charge in [-0.2, -0.15) is 0 Å². The second kappa shape index (κ2) is 2.69. The zero-order valence-electron chi connectivity index (χ0n) is 7.21. The fourth-order valence-electron chi connectivity index (χ4n) is 1.40. The topological polar surface area (TPSA) is 38.9 Å². The van der Waals surface area contributed by atoms with Crippen molar-refractivity contribution in [2.45, 2.75) is 6.92 Å². The van der Waals surface area contributed by atoms with Crippen molar-refractivity contribution >= 4 is 16.6 Å². The van der Waals surface area contributed by atoms with Crippen LogP contribution in [0.2, 0.25) is 0 Å². The third-order valence-electron chi connectivity index (χ3n) is 2.07. The highest BCUT2D eigenvalue weighted by atomic mass is 19.1. The van der Waals surface area contributed by atoms with Crippen molar-refractivity contribution in [2.24, 2.45) is 0 Å². The maximum atomic E-state index is 13.2. The van der Waals surface area contributed by atoms with Gasteiger partial charge in [0.1, 0.15) is 5.82 Å². The molecule has 2 rings (SSSR count). The van der Waals surface area contributed by atoms with Gasteiger partial charge in [-0.05, 0) is 30.7 Å². The molecule has 2 N–H and O–H groups in total. The van der Waals surface area contributed by atoms with Crippen molar-refractivity contribution in [3.05, 3.63) is 35.8 Å². The maximum Gasteiger partial charge on any atom is 0.147 e. The molecule has 0 aliphatic rings. The van der Waals surface area contributed by atoms with E-state index in [1.807, 2.05) is 6.92 Å². The van der Waals surface area contributed by atoms with E-state index in [0.29, 0.717) is 5.39 Å². The van der Waals surface area contributed by atoms with Gasteiger partial charge < -0.3 is 5.73 Å². The molecule has 0 amide bonds. The minimum Gasteiger partial charge on any atom is -0.396 e. The Morgan fingerprint density at radius 1 is 1.46 bits per heavy atom. The molecule has 0 spiro atoms. The van der Waals surface area contributed by atoms with Crippen molar-refractivity contribution in [1.82, 2.24) is 4.98 Å². The Hall–Kier alpha value is -1.64. The summed E-state index contributed by atoms with van der Waals surface area (Å²) >= 11 is 0. The van der Waals surface area contributed by atoms with Gasteiger partial charge in [-0.25, -0.2) is 4.39 Å². The molecule has 66 valence electrons. The molecule has 3 heteroatoms. The number of nitrogens with two attached hydrogens (primary N) is 1. The number of pyridine rings is 1. The lowest BCUT2D eigenvalue weighted by Gasteiger charge is -2.04. The Labute approximate surface area is 75.2 Å². The Balaban J connectivity index is 2.97. The normalized spacial score (nSPS) is 10.6. The molecule has 0 fully saturated rings. The van der Waals surface area contributed by atoms with E-state index in [2.05, 4.69) is 4.98 Å². The predicted octanol–water partition coefficient (Wildman–Crippen LogP) is 2.26. The molecule has 0 aliphatic carbocycles. The van der Waals surface area contributed by atoms with Crippen LogP contribution in [-0.2, 0) is 0 Å². The number of nitrogen functional groups attached to an aromatic ring is 1. The van der Waals surface area contributed by atoms with E-state index < -0.39 is 0 Å². The molecular formula is C10H9FN2. The van der Waals surface area contributed by atoms with E-state index in [-0.39, 0.29) is 11.5 Å². The van der Waals surface area contributed by atoms with Gasteiger partial charge in [0.05, 0.1) is 11.2 Å². The molecule has 13 heavy (non-hydrogen) atoms. The van der Waals surface area contributed by atoms with E-state index in [4.69, 9.17) is 5.73 Å². The molecule has 1 aromatic carbocycles. The van der Waals surface area contributed by atoms with E-state index in [1.165, 1.54) is 6.07 Å². The first-order chi connectivity index (χ1) is 6.20. The summed E-state index contributed by atoms with van der Waals surface area (Å²) in [5.41, 5.74) is 7.32. The smallest absolute Gasteiger partial charge is 0.147 e. The summed E-state index contributed by atoms with van der Waals surface area (Å²) in [6, 6.07) is 4.93. The molecule has 1 heterocycles. The molecule has 0 bridgehead atoms. The van der Waals surface area contributed by atoms with Crippen LogP contribution in [0.1, 0.15) is 5.56 Å². The third-order valence-corrected chi connectivity index (χ3v) is 2.07. The molecule has 0 saturated carbocycles. The van der Waals surface area contributed by atoms with Gasteiger partial charge >= 0.3 is 0 Å². The van der Waals surface area contributed by atoms with Crippen LogP contribution >= 0.6 is 0 Å². The van der Waals surface area contributed by atoms with Gasteiger partial charge in [0.25, 0.3) is 0 Å². The Kier molecular flexibility index (Phi) is 1.65. The fraction of sp³-hybridized carbons (Fsp3) is 0.100. The summed E-state index contributed by atoms with van der Waals surface area (Å²) in [6.45, 7) is 1.82. The van der Waals surface area contributed by atoms with Gasteiger partial charge in [0.15, 0.2) is 0 Å². The Morgan fingerprint density at radius 2 is 2.23 bits per heavy atom. The van der Waals surface area contributed by atoms with Gasteiger partial charge in [-0.1, -0.05) is 0 Å². The van der Waals surface area contributed by atoms with Crippen LogP contribution < -0.4 is 5.73 Å². The number of aromatic nitrogens is 1. The van der Waals surface area contributed by atoms with E-state index >= 15 is 0 Å². The van der Waals surface area contributed by atoms with Gasteiger partial charge in [0.2, 0.25) is 0 Å². The Morgan fingerprint density at radius 3 is 3.00 bits per heavy atom. The highest BCUT2D eigenvalue weighted by molar-refractivity contribution is 5.92. The molecular weight excluding hydrogens is 167 g/mol. The molecule has 1 aromatic heterocycles. The SMILES string of the molecule is Cc1cc(F)c(N)c2cccnc12. The number of anilines is 1. The summed E-state index contributed by atoms with van der Waals surface area (Å²) in [7, 11) is 0. The van der Waals surface area contributed by atoms with Gasteiger partial charge in [-0.3, -0.25) is 4.98 Å². The minimum absolute atomic E-state index is 0.175. The maximum absolute atomic E-state index is 13.2. The first-order valence-electron chi connectivity index (χ1n) is 3.99. The number of benzene rings is 1. The van der Waals surface area contributed by atoms with Crippen LogP contribution in [0.3, 0.4) is 0 Å². The van der Waals surface area contributed by atoms with Crippen LogP contribution in [0.5, 0.6) is 0 Å². The van der Waals surface area contributed by atoms with Gasteiger partial charge in [0, 0.05) is 11.6 Å². The monoisotopic (exact) mass is 176 g/mol. The quantitative estimate of drug-likeness (QED) is 0.625. The zero-order chi connectivity index (χ0) is 9.42. The lowest BCUT2D eigenvalue weighted by atomic mass is 10.1. The van der Waals surface area contributed by atoms with E-state index in [9.17, 15) is 4.39 Å². The second-order valence-corrected chi connectivity index (χ2v) is 2.99. The number of aryl methyl sites for hydroxylation is 1. The molecule has 0 aliphatic heterocycles. The van der Waals surface area contributed by atoms with Crippen molar-refractivity contribution in [2.75, 3.05) is 5.73 Å². The molecule has 0 saturated heterocycles. The van der Waals surface area contributed by atoms with Crippen LogP contribution in [-0.4, -0.2) is 4.98 Å². The van der Waals surface area contributed by atoms with Gasteiger partial charge in [-0.15, -0.1) is 0 Å². The van der Waals surface area contributed by atoms with Crippen molar-refractivity contribution in [3.8, 4) is 0 Å². The van der Waals surface area contributed by atoms with Crippen molar-refractivity contribution < 1.29 is 4.39 Å². The highest BCUT2D eigenvalue weighted by Gasteiger charge is 2.06. The molecule has 0 atom stereocenters. The molecule has 0 unspecified atom stereocenters. The number of fused-ring (bicyclic) bond motifs is 1. The van der Waals surface area contributed by atoms with Crippen molar-refractivity contribution in [1.29, 1.82) is 0 Å². The summed E-state index contributed by atoms with van der Waals surface area (Å²) in [5.74, 6) is -0.377. The van der Waals surface area contributed by atoms with Crippen molar-refractivity contribution in [3.63, 3.8) is 0 Å². The van der Waals surface area contributed by atoms with Crippen LogP contribution in [0.25, 0.3) is 10.9 Å². The van der Waals surface area contributed by atoms with E-state index in [0.717, 1.165) is 11.1 Å². The predicted molar refractivity (Wildman–Crippen MR) is 50.9 cm³/mol.